The van der Waals surface area contributed by atoms with Crippen molar-refractivity contribution in [2.24, 2.45) is 0 Å². The fourth-order valence-electron chi connectivity index (χ4n) is 5.34. The minimum absolute atomic E-state index is 0.0510. The number of pyridine rings is 1. The SMILES string of the molecule is Cc1ccc(NC(=O)CN2CCCC2C)cc1NC(=O)c1cnc2[nH]c(-c3cnn(C4CCOC4)c3)cc2c1. The Bertz CT molecular complexity index is 1520. The van der Waals surface area contributed by atoms with E-state index in [1.807, 2.05) is 48.3 Å². The summed E-state index contributed by atoms with van der Waals surface area (Å²) in [5, 5.41) is 11.3. The molecule has 2 amide bonds. The molecule has 0 aliphatic carbocycles. The molecule has 0 radical (unpaired) electrons. The largest absolute Gasteiger partial charge is 0.379 e. The van der Waals surface area contributed by atoms with Crippen LogP contribution in [0.1, 0.15) is 48.1 Å². The highest BCUT2D eigenvalue weighted by molar-refractivity contribution is 6.06. The fourth-order valence-corrected chi connectivity index (χ4v) is 5.34. The molecule has 2 fully saturated rings. The number of carbonyl (C=O) groups is 2. The normalized spacial score (nSPS) is 19.5. The smallest absolute Gasteiger partial charge is 0.257 e. The van der Waals surface area contributed by atoms with Gasteiger partial charge in [0, 0.05) is 47.4 Å². The summed E-state index contributed by atoms with van der Waals surface area (Å²) < 4.78 is 7.42. The van der Waals surface area contributed by atoms with Crippen LogP contribution >= 0.6 is 0 Å². The Morgan fingerprint density at radius 3 is 2.85 bits per heavy atom. The molecule has 0 spiro atoms. The molecule has 6 rings (SSSR count). The number of benzene rings is 1. The molecule has 10 heteroatoms. The van der Waals surface area contributed by atoms with Crippen LogP contribution in [-0.2, 0) is 9.53 Å². The van der Waals surface area contributed by atoms with E-state index in [1.165, 1.54) is 0 Å². The van der Waals surface area contributed by atoms with Gasteiger partial charge in [-0.3, -0.25) is 19.2 Å². The average molecular weight is 528 g/mol. The number of amides is 2. The van der Waals surface area contributed by atoms with Crippen LogP contribution in [0.4, 0.5) is 11.4 Å². The standard InChI is InChI=1S/C29H33N7O3/c1-18-5-6-23(32-27(37)16-35-8-3-4-19(35)2)12-25(18)34-29(38)21-10-20-11-26(33-28(20)30-13-21)22-14-31-36(15-22)24-7-9-39-17-24/h5-6,10-15,19,24H,3-4,7-9,16-17H2,1-2H3,(H,30,33)(H,32,37)(H,34,38). The molecule has 2 unspecified atom stereocenters. The van der Waals surface area contributed by atoms with Crippen LogP contribution in [-0.4, -0.2) is 68.8 Å². The maximum Gasteiger partial charge on any atom is 0.257 e. The first-order chi connectivity index (χ1) is 18.9. The van der Waals surface area contributed by atoms with Crippen molar-refractivity contribution in [2.75, 3.05) is 36.9 Å². The van der Waals surface area contributed by atoms with E-state index in [1.54, 1.807) is 12.3 Å². The van der Waals surface area contributed by atoms with Gasteiger partial charge in [-0.05, 0) is 69.5 Å². The molecule has 0 saturated carbocycles. The summed E-state index contributed by atoms with van der Waals surface area (Å²) >= 11 is 0. The summed E-state index contributed by atoms with van der Waals surface area (Å²) in [4.78, 5) is 35.7. The molecule has 0 bridgehead atoms. The number of aryl methyl sites for hydroxylation is 1. The fraction of sp³-hybridized carbons (Fsp3) is 0.379. The molecule has 3 aromatic heterocycles. The van der Waals surface area contributed by atoms with Gasteiger partial charge in [-0.15, -0.1) is 0 Å². The lowest BCUT2D eigenvalue weighted by atomic mass is 10.1. The monoisotopic (exact) mass is 527 g/mol. The summed E-state index contributed by atoms with van der Waals surface area (Å²) in [6.45, 7) is 6.84. The number of likely N-dealkylation sites (tertiary alicyclic amines) is 1. The van der Waals surface area contributed by atoms with Gasteiger partial charge < -0.3 is 20.4 Å². The Morgan fingerprint density at radius 2 is 2.05 bits per heavy atom. The van der Waals surface area contributed by atoms with E-state index in [4.69, 9.17) is 4.74 Å². The molecule has 2 atom stereocenters. The van der Waals surface area contributed by atoms with E-state index in [2.05, 4.69) is 37.5 Å². The second kappa shape index (κ2) is 10.6. The molecule has 202 valence electrons. The van der Waals surface area contributed by atoms with E-state index >= 15 is 0 Å². The van der Waals surface area contributed by atoms with Crippen molar-refractivity contribution in [1.82, 2.24) is 24.6 Å². The lowest BCUT2D eigenvalue weighted by Crippen LogP contribution is -2.35. The number of hydrogen-bond acceptors (Lipinski definition) is 6. The molecule has 2 aliphatic heterocycles. The molecular formula is C29H33N7O3. The highest BCUT2D eigenvalue weighted by Gasteiger charge is 2.23. The molecular weight excluding hydrogens is 494 g/mol. The molecule has 5 heterocycles. The van der Waals surface area contributed by atoms with E-state index in [-0.39, 0.29) is 17.9 Å². The summed E-state index contributed by atoms with van der Waals surface area (Å²) in [5.74, 6) is -0.316. The van der Waals surface area contributed by atoms with Gasteiger partial charge in [-0.25, -0.2) is 4.98 Å². The molecule has 2 aliphatic rings. The van der Waals surface area contributed by atoms with Gasteiger partial charge in [0.25, 0.3) is 5.91 Å². The summed E-state index contributed by atoms with van der Waals surface area (Å²) in [5.41, 5.74) is 5.20. The minimum atomic E-state index is -0.265. The van der Waals surface area contributed by atoms with Gasteiger partial charge >= 0.3 is 0 Å². The summed E-state index contributed by atoms with van der Waals surface area (Å²) in [6.07, 6.45) is 8.62. The van der Waals surface area contributed by atoms with Crippen LogP contribution in [0.2, 0.25) is 0 Å². The number of aromatic amines is 1. The number of anilines is 2. The van der Waals surface area contributed by atoms with Crippen LogP contribution in [0.5, 0.6) is 0 Å². The Kier molecular flexibility index (Phi) is 6.88. The van der Waals surface area contributed by atoms with E-state index in [0.717, 1.165) is 54.6 Å². The lowest BCUT2D eigenvalue weighted by Gasteiger charge is -2.20. The Balaban J connectivity index is 1.14. The third-order valence-electron chi connectivity index (χ3n) is 7.73. The number of rotatable bonds is 7. The molecule has 3 N–H and O–H groups in total. The van der Waals surface area contributed by atoms with Gasteiger partial charge in [0.15, 0.2) is 0 Å². The quantitative estimate of drug-likeness (QED) is 0.329. The molecule has 10 nitrogen and oxygen atoms in total. The number of ether oxygens (including phenoxy) is 1. The number of aromatic nitrogens is 4. The maximum absolute atomic E-state index is 13.2. The zero-order valence-electron chi connectivity index (χ0n) is 22.2. The first-order valence-electron chi connectivity index (χ1n) is 13.5. The van der Waals surface area contributed by atoms with Gasteiger partial charge in [0.05, 0.1) is 36.6 Å². The number of carbonyl (C=O) groups excluding carboxylic acids is 2. The Hall–Kier alpha value is -4.02. The van der Waals surface area contributed by atoms with Crippen molar-refractivity contribution in [3.63, 3.8) is 0 Å². The van der Waals surface area contributed by atoms with Crippen molar-refractivity contribution >= 4 is 34.2 Å². The zero-order valence-corrected chi connectivity index (χ0v) is 22.2. The first kappa shape index (κ1) is 25.3. The van der Waals surface area contributed by atoms with Crippen molar-refractivity contribution < 1.29 is 14.3 Å². The molecule has 4 aromatic rings. The van der Waals surface area contributed by atoms with Crippen LogP contribution < -0.4 is 10.6 Å². The van der Waals surface area contributed by atoms with Gasteiger partial charge in [-0.1, -0.05) is 6.07 Å². The predicted octanol–water partition coefficient (Wildman–Crippen LogP) is 4.37. The minimum Gasteiger partial charge on any atom is -0.379 e. The van der Waals surface area contributed by atoms with Crippen molar-refractivity contribution in [2.45, 2.75) is 45.2 Å². The summed E-state index contributed by atoms with van der Waals surface area (Å²) in [6, 6.07) is 10.0. The van der Waals surface area contributed by atoms with Gasteiger partial charge in [-0.2, -0.15) is 5.10 Å². The Morgan fingerprint density at radius 1 is 1.15 bits per heavy atom. The predicted molar refractivity (Wildman–Crippen MR) is 150 cm³/mol. The maximum atomic E-state index is 13.2. The second-order valence-electron chi connectivity index (χ2n) is 10.6. The highest BCUT2D eigenvalue weighted by atomic mass is 16.5. The van der Waals surface area contributed by atoms with Gasteiger partial charge in [0.1, 0.15) is 5.65 Å². The van der Waals surface area contributed by atoms with Crippen LogP contribution in [0.25, 0.3) is 22.3 Å². The van der Waals surface area contributed by atoms with Crippen LogP contribution in [0.15, 0.2) is 48.9 Å². The van der Waals surface area contributed by atoms with Crippen molar-refractivity contribution in [3.05, 3.63) is 60.0 Å². The first-order valence-corrected chi connectivity index (χ1v) is 13.5. The highest BCUT2D eigenvalue weighted by Crippen LogP contribution is 2.27. The summed E-state index contributed by atoms with van der Waals surface area (Å²) in [7, 11) is 0. The number of H-pyrrole nitrogens is 1. The third-order valence-corrected chi connectivity index (χ3v) is 7.73. The Labute approximate surface area is 226 Å². The zero-order chi connectivity index (χ0) is 26.9. The van der Waals surface area contributed by atoms with Gasteiger partial charge in [0.2, 0.25) is 5.91 Å². The van der Waals surface area contributed by atoms with E-state index in [9.17, 15) is 9.59 Å². The van der Waals surface area contributed by atoms with Crippen LogP contribution in [0.3, 0.4) is 0 Å². The topological polar surface area (TPSA) is 117 Å². The van der Waals surface area contributed by atoms with E-state index < -0.39 is 0 Å². The van der Waals surface area contributed by atoms with Crippen molar-refractivity contribution in [3.8, 4) is 11.3 Å². The molecule has 39 heavy (non-hydrogen) atoms. The van der Waals surface area contributed by atoms with Crippen LogP contribution in [0, 0.1) is 6.92 Å². The molecule has 1 aromatic carbocycles. The number of nitrogens with one attached hydrogen (secondary N) is 3. The number of fused-ring (bicyclic) bond motifs is 1. The number of nitrogens with zero attached hydrogens (tertiary/aromatic N) is 4. The van der Waals surface area contributed by atoms with Crippen molar-refractivity contribution in [1.29, 1.82) is 0 Å². The third kappa shape index (κ3) is 5.43. The van der Waals surface area contributed by atoms with E-state index in [0.29, 0.717) is 41.8 Å². The number of hydrogen-bond donors (Lipinski definition) is 3. The average Bonchev–Trinajstić information content (AvgIpc) is 3.73. The molecule has 2 saturated heterocycles. The lowest BCUT2D eigenvalue weighted by molar-refractivity contribution is -0.117. The second-order valence-corrected chi connectivity index (χ2v) is 10.6.